The Morgan fingerprint density at radius 2 is 1.94 bits per heavy atom. The van der Waals surface area contributed by atoms with Crippen molar-refractivity contribution >= 4 is 40.5 Å². The predicted octanol–water partition coefficient (Wildman–Crippen LogP) is 4.55. The minimum atomic E-state index is -1.85. The molecule has 4 heterocycles. The zero-order valence-corrected chi connectivity index (χ0v) is 20.6. The monoisotopic (exact) mass is 497 g/mol. The average molecular weight is 498 g/mol. The van der Waals surface area contributed by atoms with E-state index in [2.05, 4.69) is 0 Å². The number of esters is 1. The fourth-order valence-corrected chi connectivity index (χ4v) is 5.42. The third-order valence-corrected chi connectivity index (χ3v) is 7.80. The number of pyridine rings is 2. The second-order valence-electron chi connectivity index (χ2n) is 8.93. The van der Waals surface area contributed by atoms with E-state index in [4.69, 9.17) is 14.7 Å². The van der Waals surface area contributed by atoms with Gasteiger partial charge in [0.2, 0.25) is 0 Å². The van der Waals surface area contributed by atoms with Crippen LogP contribution in [0.5, 0.6) is 0 Å². The van der Waals surface area contributed by atoms with E-state index < -0.39 is 11.6 Å². The summed E-state index contributed by atoms with van der Waals surface area (Å²) < 4.78 is 6.83. The largest absolute Gasteiger partial charge is 0.458 e. The molecule has 2 aromatic heterocycles. The van der Waals surface area contributed by atoms with Gasteiger partial charge in [0.05, 0.1) is 34.7 Å². The van der Waals surface area contributed by atoms with Crippen molar-refractivity contribution in [3.8, 4) is 11.4 Å². The van der Waals surface area contributed by atoms with Crippen molar-refractivity contribution in [2.75, 3.05) is 6.26 Å². The van der Waals surface area contributed by atoms with E-state index in [0.717, 1.165) is 32.6 Å². The second kappa shape index (κ2) is 8.43. The number of thioether (sulfide) groups is 1. The number of hydrogen-bond acceptors (Lipinski definition) is 7. The van der Waals surface area contributed by atoms with Gasteiger partial charge >= 0.3 is 5.97 Å². The Balaban J connectivity index is 1.56. The molecule has 0 saturated carbocycles. The SMILES string of the molecule is CC[C@@]1(O)C(=O)OCc2c1cc1n(c2=O)Cc2c-1nc1ccccc1c2C=Nc1ccc(SC)cc1. The zero-order valence-electron chi connectivity index (χ0n) is 19.8. The first kappa shape index (κ1) is 22.7. The quantitative estimate of drug-likeness (QED) is 0.222. The van der Waals surface area contributed by atoms with Crippen LogP contribution in [0.4, 0.5) is 5.69 Å². The number of aliphatic imine (C=N–C) groups is 1. The zero-order chi connectivity index (χ0) is 25.0. The molecule has 0 bridgehead atoms. The Morgan fingerprint density at radius 1 is 1.17 bits per heavy atom. The summed E-state index contributed by atoms with van der Waals surface area (Å²) in [6.45, 7) is 1.86. The second-order valence-corrected chi connectivity index (χ2v) is 9.81. The molecule has 1 atom stereocenters. The molecule has 36 heavy (non-hydrogen) atoms. The highest BCUT2D eigenvalue weighted by atomic mass is 32.2. The van der Waals surface area contributed by atoms with Crippen molar-refractivity contribution in [2.24, 2.45) is 4.99 Å². The van der Waals surface area contributed by atoms with Crippen LogP contribution in [-0.4, -0.2) is 33.1 Å². The lowest BCUT2D eigenvalue weighted by Gasteiger charge is -2.31. The van der Waals surface area contributed by atoms with E-state index in [1.165, 1.54) is 0 Å². The number of para-hydroxylation sites is 1. The summed E-state index contributed by atoms with van der Waals surface area (Å²) >= 11 is 1.68. The highest BCUT2D eigenvalue weighted by Crippen LogP contribution is 2.40. The van der Waals surface area contributed by atoms with Crippen LogP contribution in [0.1, 0.15) is 35.6 Å². The standard InChI is InChI=1S/C28H23N3O4S/c1-3-28(34)22-12-24-25-20(14-31(24)26(32)21(22)15-35-27(28)33)19(18-6-4-5-7-23(18)30-25)13-29-16-8-10-17(36-2)11-9-16/h4-13,34H,3,14-15H2,1-2H3/t28-/m0/s1. The minimum Gasteiger partial charge on any atom is -0.458 e. The summed E-state index contributed by atoms with van der Waals surface area (Å²) in [4.78, 5) is 36.8. The van der Waals surface area contributed by atoms with Crippen molar-refractivity contribution in [3.05, 3.63) is 87.2 Å². The molecule has 7 nitrogen and oxygen atoms in total. The Kier molecular flexibility index (Phi) is 5.31. The summed E-state index contributed by atoms with van der Waals surface area (Å²) in [5, 5.41) is 12.1. The van der Waals surface area contributed by atoms with E-state index in [9.17, 15) is 14.7 Å². The molecule has 0 amide bonds. The summed E-state index contributed by atoms with van der Waals surface area (Å²) in [6.07, 6.45) is 3.97. The predicted molar refractivity (Wildman–Crippen MR) is 140 cm³/mol. The van der Waals surface area contributed by atoms with E-state index in [1.54, 1.807) is 29.3 Å². The van der Waals surface area contributed by atoms with Crippen molar-refractivity contribution in [3.63, 3.8) is 0 Å². The van der Waals surface area contributed by atoms with Gasteiger partial charge in [-0.3, -0.25) is 9.79 Å². The molecule has 1 N–H and O–H groups in total. The lowest BCUT2D eigenvalue weighted by Crippen LogP contribution is -2.44. The first-order valence-corrected chi connectivity index (χ1v) is 12.9. The summed E-state index contributed by atoms with van der Waals surface area (Å²) in [7, 11) is 0. The van der Waals surface area contributed by atoms with Crippen LogP contribution in [-0.2, 0) is 28.3 Å². The van der Waals surface area contributed by atoms with Gasteiger partial charge in [-0.1, -0.05) is 25.1 Å². The average Bonchev–Trinajstić information content (AvgIpc) is 3.28. The number of benzene rings is 2. The number of nitrogens with zero attached hydrogens (tertiary/aromatic N) is 3. The first-order valence-electron chi connectivity index (χ1n) is 11.7. The topological polar surface area (TPSA) is 93.8 Å². The molecular formula is C28H23N3O4S. The molecular weight excluding hydrogens is 474 g/mol. The Bertz CT molecular complexity index is 1640. The first-order chi connectivity index (χ1) is 17.4. The summed E-state index contributed by atoms with van der Waals surface area (Å²) in [5.41, 5.74) is 3.11. The van der Waals surface area contributed by atoms with Crippen molar-refractivity contribution in [1.82, 2.24) is 9.55 Å². The number of fused-ring (bicyclic) bond motifs is 5. The normalized spacial score (nSPS) is 18.2. The van der Waals surface area contributed by atoms with Gasteiger partial charge in [-0.15, -0.1) is 11.8 Å². The van der Waals surface area contributed by atoms with Crippen LogP contribution in [0.3, 0.4) is 0 Å². The molecule has 2 aromatic carbocycles. The van der Waals surface area contributed by atoms with Gasteiger partial charge in [-0.25, -0.2) is 9.78 Å². The fourth-order valence-electron chi connectivity index (χ4n) is 5.01. The molecule has 2 aliphatic heterocycles. The maximum atomic E-state index is 13.5. The van der Waals surface area contributed by atoms with Crippen molar-refractivity contribution in [2.45, 2.75) is 37.0 Å². The molecule has 4 aromatic rings. The molecule has 6 rings (SSSR count). The van der Waals surface area contributed by atoms with E-state index in [1.807, 2.05) is 61.0 Å². The molecule has 180 valence electrons. The Labute approximate surface area is 211 Å². The number of ether oxygens (including phenoxy) is 1. The molecule has 0 fully saturated rings. The molecule has 0 saturated heterocycles. The highest BCUT2D eigenvalue weighted by Gasteiger charge is 2.45. The van der Waals surface area contributed by atoms with Gasteiger partial charge < -0.3 is 14.4 Å². The maximum Gasteiger partial charge on any atom is 0.343 e. The van der Waals surface area contributed by atoms with E-state index >= 15 is 0 Å². The number of rotatable bonds is 4. The number of aromatic nitrogens is 2. The lowest BCUT2D eigenvalue weighted by atomic mass is 9.86. The molecule has 0 radical (unpaired) electrons. The number of cyclic esters (lactones) is 1. The third-order valence-electron chi connectivity index (χ3n) is 7.05. The Morgan fingerprint density at radius 3 is 2.69 bits per heavy atom. The lowest BCUT2D eigenvalue weighted by molar-refractivity contribution is -0.172. The van der Waals surface area contributed by atoms with Crippen LogP contribution >= 0.6 is 11.8 Å². The van der Waals surface area contributed by atoms with Gasteiger partial charge in [0, 0.05) is 33.2 Å². The third kappa shape index (κ3) is 3.32. The van der Waals surface area contributed by atoms with E-state index in [-0.39, 0.29) is 18.6 Å². The summed E-state index contributed by atoms with van der Waals surface area (Å²) in [6, 6.07) is 17.6. The Hall–Kier alpha value is -3.75. The van der Waals surface area contributed by atoms with E-state index in [0.29, 0.717) is 29.1 Å². The summed E-state index contributed by atoms with van der Waals surface area (Å²) in [5.74, 6) is -0.730. The van der Waals surface area contributed by atoms with Gasteiger partial charge in [0.1, 0.15) is 6.61 Å². The fraction of sp³-hybridized carbons (Fsp3) is 0.214. The van der Waals surface area contributed by atoms with Gasteiger partial charge in [-0.2, -0.15) is 0 Å². The highest BCUT2D eigenvalue weighted by molar-refractivity contribution is 7.98. The molecule has 0 spiro atoms. The molecule has 0 aliphatic carbocycles. The van der Waals surface area contributed by atoms with Crippen LogP contribution in [0.2, 0.25) is 0 Å². The number of carbonyl (C=O) groups is 1. The smallest absolute Gasteiger partial charge is 0.343 e. The van der Waals surface area contributed by atoms with Crippen LogP contribution in [0.25, 0.3) is 22.3 Å². The number of hydrogen-bond donors (Lipinski definition) is 1. The minimum absolute atomic E-state index is 0.104. The number of aliphatic hydroxyl groups is 1. The maximum absolute atomic E-state index is 13.5. The van der Waals surface area contributed by atoms with Crippen molar-refractivity contribution in [1.29, 1.82) is 0 Å². The van der Waals surface area contributed by atoms with Gasteiger partial charge in [0.25, 0.3) is 5.56 Å². The van der Waals surface area contributed by atoms with Gasteiger partial charge in [0.15, 0.2) is 5.60 Å². The van der Waals surface area contributed by atoms with Crippen molar-refractivity contribution < 1.29 is 14.6 Å². The van der Waals surface area contributed by atoms with Gasteiger partial charge in [-0.05, 0) is 49.1 Å². The van der Waals surface area contributed by atoms with Crippen LogP contribution in [0, 0.1) is 0 Å². The molecule has 0 unspecified atom stereocenters. The molecule has 2 aliphatic rings. The van der Waals surface area contributed by atoms with Crippen LogP contribution < -0.4 is 5.56 Å². The van der Waals surface area contributed by atoms with Crippen LogP contribution in [0.15, 0.2) is 69.3 Å². The molecule has 8 heteroatoms. The number of carbonyl (C=O) groups excluding carboxylic acids is 1.